The minimum atomic E-state index is 0.503. The third-order valence-corrected chi connectivity index (χ3v) is 3.35. The smallest absolute Gasteiger partial charge is 0.0933 e. The number of rotatable bonds is 4. The minimum Gasteiger partial charge on any atom is -0.372 e. The first kappa shape index (κ1) is 13.1. The fourth-order valence-corrected chi connectivity index (χ4v) is 2.13. The zero-order valence-corrected chi connectivity index (χ0v) is 11.1. The Bertz CT molecular complexity index is 245. The zero-order chi connectivity index (χ0) is 12.1. The zero-order valence-electron chi connectivity index (χ0n) is 11.1. The molecule has 0 aromatic heterocycles. The van der Waals surface area contributed by atoms with E-state index in [4.69, 9.17) is 9.47 Å². The average molecular weight is 239 g/mol. The van der Waals surface area contributed by atoms with Gasteiger partial charge in [-0.2, -0.15) is 0 Å². The number of hydrogen-bond acceptors (Lipinski definition) is 3. The van der Waals surface area contributed by atoms with Crippen molar-refractivity contribution >= 4 is 0 Å². The molecule has 3 unspecified atom stereocenters. The molecule has 2 fully saturated rings. The van der Waals surface area contributed by atoms with E-state index >= 15 is 0 Å². The summed E-state index contributed by atoms with van der Waals surface area (Å²) in [5.41, 5.74) is 1.59. The van der Waals surface area contributed by atoms with Crippen molar-refractivity contribution in [2.45, 2.75) is 45.3 Å². The molecule has 2 heterocycles. The minimum absolute atomic E-state index is 0.503. The van der Waals surface area contributed by atoms with Crippen molar-refractivity contribution in [2.75, 3.05) is 26.3 Å². The van der Waals surface area contributed by atoms with E-state index < -0.39 is 0 Å². The lowest BCUT2D eigenvalue weighted by Gasteiger charge is -2.13. The second-order valence-corrected chi connectivity index (χ2v) is 5.45. The molecule has 98 valence electrons. The van der Waals surface area contributed by atoms with Gasteiger partial charge < -0.3 is 14.8 Å². The summed E-state index contributed by atoms with van der Waals surface area (Å²) < 4.78 is 10.0. The molecule has 3 nitrogen and oxygen atoms in total. The summed E-state index contributed by atoms with van der Waals surface area (Å²) in [6.07, 6.45) is 7.54. The van der Waals surface area contributed by atoms with E-state index in [-0.39, 0.29) is 0 Å². The number of allylic oxidation sites excluding steroid dienone is 2. The third-order valence-electron chi connectivity index (χ3n) is 3.35. The van der Waals surface area contributed by atoms with Crippen LogP contribution in [0.2, 0.25) is 0 Å². The van der Waals surface area contributed by atoms with Gasteiger partial charge in [0.15, 0.2) is 0 Å². The van der Waals surface area contributed by atoms with E-state index in [1.54, 1.807) is 5.57 Å². The van der Waals surface area contributed by atoms with Gasteiger partial charge in [-0.15, -0.1) is 0 Å². The van der Waals surface area contributed by atoms with Gasteiger partial charge >= 0.3 is 0 Å². The van der Waals surface area contributed by atoms with Crippen molar-refractivity contribution in [1.29, 1.82) is 0 Å². The highest BCUT2D eigenvalue weighted by atomic mass is 16.6. The Labute approximate surface area is 105 Å². The first-order valence-electron chi connectivity index (χ1n) is 6.85. The standard InChI is InChI=1S/C8H14.C6H11NO2/c1-7-4-3-5-8(2)6-7;1(5-3-8-5)7-2-6-4-9-6/h6-7H,3-5H2,1-2H3;5-7H,1-4H2. The Morgan fingerprint density at radius 2 is 1.82 bits per heavy atom. The molecule has 3 aliphatic rings. The quantitative estimate of drug-likeness (QED) is 0.603. The maximum atomic E-state index is 5.01. The topological polar surface area (TPSA) is 37.1 Å². The SMILES string of the molecule is C(NCC1CO1)C1CO1.CC1=CC(C)CCC1. The van der Waals surface area contributed by atoms with Gasteiger partial charge in [0.1, 0.15) is 0 Å². The summed E-state index contributed by atoms with van der Waals surface area (Å²) in [5, 5.41) is 3.26. The van der Waals surface area contributed by atoms with Crippen LogP contribution in [-0.4, -0.2) is 38.5 Å². The number of epoxide rings is 2. The average Bonchev–Trinajstić information content (AvgIpc) is 3.13. The van der Waals surface area contributed by atoms with Crippen LogP contribution in [0, 0.1) is 5.92 Å². The van der Waals surface area contributed by atoms with Crippen LogP contribution in [0.1, 0.15) is 33.1 Å². The Morgan fingerprint density at radius 1 is 1.24 bits per heavy atom. The molecule has 2 saturated heterocycles. The van der Waals surface area contributed by atoms with Gasteiger partial charge in [0.25, 0.3) is 0 Å². The van der Waals surface area contributed by atoms with Gasteiger partial charge in [-0.05, 0) is 32.1 Å². The van der Waals surface area contributed by atoms with E-state index in [0.29, 0.717) is 12.2 Å². The van der Waals surface area contributed by atoms with Gasteiger partial charge in [-0.3, -0.25) is 0 Å². The molecule has 2 aliphatic heterocycles. The van der Waals surface area contributed by atoms with E-state index in [1.165, 1.54) is 19.3 Å². The first-order valence-corrected chi connectivity index (χ1v) is 6.85. The van der Waals surface area contributed by atoms with Gasteiger partial charge in [0.05, 0.1) is 25.4 Å². The molecule has 3 atom stereocenters. The highest BCUT2D eigenvalue weighted by Crippen LogP contribution is 2.21. The Hall–Kier alpha value is -0.380. The van der Waals surface area contributed by atoms with Crippen LogP contribution in [0.5, 0.6) is 0 Å². The first-order chi connectivity index (χ1) is 8.24. The number of ether oxygens (including phenoxy) is 2. The molecule has 0 amide bonds. The molecule has 3 heteroatoms. The Kier molecular flexibility index (Phi) is 5.01. The van der Waals surface area contributed by atoms with Crippen LogP contribution < -0.4 is 5.32 Å². The van der Waals surface area contributed by atoms with E-state index in [0.717, 1.165) is 32.2 Å². The summed E-state index contributed by atoms with van der Waals surface area (Å²) in [5.74, 6) is 0.851. The van der Waals surface area contributed by atoms with Crippen LogP contribution >= 0.6 is 0 Å². The highest BCUT2D eigenvalue weighted by molar-refractivity contribution is 5.03. The molecule has 0 aromatic carbocycles. The van der Waals surface area contributed by atoms with Crippen LogP contribution in [0.3, 0.4) is 0 Å². The summed E-state index contributed by atoms with van der Waals surface area (Å²) in [6, 6.07) is 0. The van der Waals surface area contributed by atoms with Gasteiger partial charge in [-0.25, -0.2) is 0 Å². The van der Waals surface area contributed by atoms with Crippen molar-refractivity contribution in [2.24, 2.45) is 5.92 Å². The molecule has 0 saturated carbocycles. The van der Waals surface area contributed by atoms with Crippen molar-refractivity contribution in [3.63, 3.8) is 0 Å². The lowest BCUT2D eigenvalue weighted by Crippen LogP contribution is -2.24. The lowest BCUT2D eigenvalue weighted by molar-refractivity contribution is 0.373. The van der Waals surface area contributed by atoms with Crippen LogP contribution in [0.15, 0.2) is 11.6 Å². The molecular formula is C14H25NO2. The van der Waals surface area contributed by atoms with Crippen LogP contribution in [0.4, 0.5) is 0 Å². The van der Waals surface area contributed by atoms with E-state index in [9.17, 15) is 0 Å². The van der Waals surface area contributed by atoms with Gasteiger partial charge in [0, 0.05) is 13.1 Å². The van der Waals surface area contributed by atoms with E-state index in [1.807, 2.05) is 0 Å². The van der Waals surface area contributed by atoms with Crippen molar-refractivity contribution in [3.05, 3.63) is 11.6 Å². The molecular weight excluding hydrogens is 214 g/mol. The van der Waals surface area contributed by atoms with Gasteiger partial charge in [-0.1, -0.05) is 18.6 Å². The van der Waals surface area contributed by atoms with Gasteiger partial charge in [0.2, 0.25) is 0 Å². The third kappa shape index (κ3) is 6.20. The Morgan fingerprint density at radius 3 is 2.18 bits per heavy atom. The maximum absolute atomic E-state index is 5.01. The fraction of sp³-hybridized carbons (Fsp3) is 0.857. The van der Waals surface area contributed by atoms with Crippen LogP contribution in [-0.2, 0) is 9.47 Å². The highest BCUT2D eigenvalue weighted by Gasteiger charge is 2.25. The second kappa shape index (κ2) is 6.53. The van der Waals surface area contributed by atoms with Crippen molar-refractivity contribution < 1.29 is 9.47 Å². The fourth-order valence-electron chi connectivity index (χ4n) is 2.13. The summed E-state index contributed by atoms with van der Waals surface area (Å²) >= 11 is 0. The maximum Gasteiger partial charge on any atom is 0.0933 e. The summed E-state index contributed by atoms with van der Waals surface area (Å²) in [6.45, 7) is 8.41. The second-order valence-electron chi connectivity index (χ2n) is 5.45. The molecule has 0 radical (unpaired) electrons. The number of hydrogen-bond donors (Lipinski definition) is 1. The predicted octanol–water partition coefficient (Wildman–Crippen LogP) is 2.13. The lowest BCUT2D eigenvalue weighted by atomic mass is 9.93. The predicted molar refractivity (Wildman–Crippen MR) is 69.1 cm³/mol. The monoisotopic (exact) mass is 239 g/mol. The molecule has 0 bridgehead atoms. The molecule has 0 spiro atoms. The molecule has 0 aromatic rings. The van der Waals surface area contributed by atoms with Crippen molar-refractivity contribution in [3.8, 4) is 0 Å². The number of nitrogens with one attached hydrogen (secondary N) is 1. The van der Waals surface area contributed by atoms with Crippen molar-refractivity contribution in [1.82, 2.24) is 5.32 Å². The molecule has 1 aliphatic carbocycles. The summed E-state index contributed by atoms with van der Waals surface area (Å²) in [7, 11) is 0. The molecule has 3 rings (SSSR count). The largest absolute Gasteiger partial charge is 0.372 e. The normalized spacial score (nSPS) is 34.5. The molecule has 17 heavy (non-hydrogen) atoms. The van der Waals surface area contributed by atoms with E-state index in [2.05, 4.69) is 25.2 Å². The molecule has 1 N–H and O–H groups in total. The Balaban J connectivity index is 0.000000128. The summed E-state index contributed by atoms with van der Waals surface area (Å²) in [4.78, 5) is 0. The van der Waals surface area contributed by atoms with Crippen LogP contribution in [0.25, 0.3) is 0 Å².